The Labute approximate surface area is 117 Å². The van der Waals surface area contributed by atoms with Gasteiger partial charge in [-0.15, -0.1) is 0 Å². The van der Waals surface area contributed by atoms with Crippen molar-refractivity contribution in [1.29, 1.82) is 0 Å². The number of nitro groups is 1. The number of aromatic carboxylic acids is 1. The maximum atomic E-state index is 11.9. The Bertz CT molecular complexity index is 736. The molecule has 0 atom stereocenters. The number of carboxylic acid groups (broad SMARTS) is 1. The van der Waals surface area contributed by atoms with Crippen molar-refractivity contribution in [2.75, 3.05) is 5.32 Å². The Morgan fingerprint density at radius 1 is 1.33 bits per heavy atom. The fourth-order valence-electron chi connectivity index (χ4n) is 1.63. The highest BCUT2D eigenvalue weighted by Gasteiger charge is 2.18. The number of anilines is 1. The van der Waals surface area contributed by atoms with Crippen molar-refractivity contribution in [3.63, 3.8) is 0 Å². The second-order valence-electron chi connectivity index (χ2n) is 3.99. The second kappa shape index (κ2) is 5.33. The van der Waals surface area contributed by atoms with Crippen molar-refractivity contribution < 1.29 is 24.7 Å². The third-order valence-corrected chi connectivity index (χ3v) is 2.64. The molecule has 21 heavy (non-hydrogen) atoms. The molecule has 0 aliphatic rings. The first-order valence-electron chi connectivity index (χ1n) is 5.59. The van der Waals surface area contributed by atoms with E-state index in [0.29, 0.717) is 0 Å². The fourth-order valence-corrected chi connectivity index (χ4v) is 1.63. The molecule has 1 aromatic carbocycles. The molecule has 2 rings (SSSR count). The van der Waals surface area contributed by atoms with E-state index in [1.807, 2.05) is 0 Å². The summed E-state index contributed by atoms with van der Waals surface area (Å²) in [4.78, 5) is 35.0. The van der Waals surface area contributed by atoms with Gasteiger partial charge in [-0.25, -0.2) is 4.79 Å². The van der Waals surface area contributed by atoms with Gasteiger partial charge in [0.1, 0.15) is 11.3 Å². The summed E-state index contributed by atoms with van der Waals surface area (Å²) < 4.78 is 0. The van der Waals surface area contributed by atoms with Crippen LogP contribution in [0.4, 0.5) is 11.4 Å². The average molecular weight is 291 g/mol. The normalized spacial score (nSPS) is 10.1. The van der Waals surface area contributed by atoms with Gasteiger partial charge in [-0.05, 0) is 12.1 Å². The van der Waals surface area contributed by atoms with Gasteiger partial charge in [0, 0.05) is 6.07 Å². The molecule has 0 saturated heterocycles. The number of hydrogen-bond acceptors (Lipinski definition) is 5. The lowest BCUT2D eigenvalue weighted by molar-refractivity contribution is -0.384. The zero-order chi connectivity index (χ0) is 15.6. The Morgan fingerprint density at radius 3 is 2.62 bits per heavy atom. The SMILES string of the molecule is O=C(Nc1cccc(C(=O)O)c1O)c1cc([N+](=O)[O-])c[nH]1. The first kappa shape index (κ1) is 14.1. The molecule has 9 nitrogen and oxygen atoms in total. The number of rotatable bonds is 4. The molecule has 0 spiro atoms. The number of phenols is 1. The van der Waals surface area contributed by atoms with Crippen molar-refractivity contribution in [3.8, 4) is 5.75 Å². The van der Waals surface area contributed by atoms with Crippen molar-refractivity contribution in [2.24, 2.45) is 0 Å². The molecule has 0 fully saturated rings. The minimum absolute atomic E-state index is 0.0955. The number of nitrogens with zero attached hydrogens (tertiary/aromatic N) is 1. The number of para-hydroxylation sites is 1. The third kappa shape index (κ3) is 2.81. The van der Waals surface area contributed by atoms with Gasteiger partial charge in [-0.2, -0.15) is 0 Å². The van der Waals surface area contributed by atoms with Crippen LogP contribution in [0.2, 0.25) is 0 Å². The van der Waals surface area contributed by atoms with Gasteiger partial charge in [-0.3, -0.25) is 14.9 Å². The van der Waals surface area contributed by atoms with Crippen LogP contribution in [0.1, 0.15) is 20.8 Å². The van der Waals surface area contributed by atoms with Crippen molar-refractivity contribution in [2.45, 2.75) is 0 Å². The highest BCUT2D eigenvalue weighted by Crippen LogP contribution is 2.28. The molecular weight excluding hydrogens is 282 g/mol. The Morgan fingerprint density at radius 2 is 2.05 bits per heavy atom. The van der Waals surface area contributed by atoms with Crippen LogP contribution in [-0.4, -0.2) is 32.0 Å². The number of nitrogens with one attached hydrogen (secondary N) is 2. The van der Waals surface area contributed by atoms with Crippen LogP contribution in [0.3, 0.4) is 0 Å². The van der Waals surface area contributed by atoms with Crippen molar-refractivity contribution in [1.82, 2.24) is 4.98 Å². The third-order valence-electron chi connectivity index (χ3n) is 2.64. The lowest BCUT2D eigenvalue weighted by atomic mass is 10.1. The maximum Gasteiger partial charge on any atom is 0.339 e. The lowest BCUT2D eigenvalue weighted by Crippen LogP contribution is -2.13. The van der Waals surface area contributed by atoms with Crippen LogP contribution in [-0.2, 0) is 0 Å². The summed E-state index contributed by atoms with van der Waals surface area (Å²) in [6, 6.07) is 4.84. The molecule has 1 aromatic heterocycles. The quantitative estimate of drug-likeness (QED) is 0.382. The zero-order valence-electron chi connectivity index (χ0n) is 10.4. The van der Waals surface area contributed by atoms with E-state index in [-0.39, 0.29) is 22.6 Å². The van der Waals surface area contributed by atoms with Crippen LogP contribution in [0.5, 0.6) is 5.75 Å². The van der Waals surface area contributed by atoms with Crippen LogP contribution in [0, 0.1) is 10.1 Å². The van der Waals surface area contributed by atoms with Crippen LogP contribution >= 0.6 is 0 Å². The first-order valence-corrected chi connectivity index (χ1v) is 5.59. The largest absolute Gasteiger partial charge is 0.505 e. The summed E-state index contributed by atoms with van der Waals surface area (Å²) >= 11 is 0. The molecular formula is C12H9N3O6. The number of carbonyl (C=O) groups excluding carboxylic acids is 1. The number of H-pyrrole nitrogens is 1. The summed E-state index contributed by atoms with van der Waals surface area (Å²) in [6.45, 7) is 0. The molecule has 0 saturated carbocycles. The van der Waals surface area contributed by atoms with Gasteiger partial charge in [0.2, 0.25) is 0 Å². The molecule has 0 aliphatic heterocycles. The molecule has 4 N–H and O–H groups in total. The minimum Gasteiger partial charge on any atom is -0.505 e. The standard InChI is InChI=1S/C12H9N3O6/c16-10-7(12(18)19)2-1-3-8(10)14-11(17)9-4-6(5-13-9)15(20)21/h1-5,13,16H,(H,14,17)(H,18,19). The van der Waals surface area contributed by atoms with E-state index in [2.05, 4.69) is 10.3 Å². The van der Waals surface area contributed by atoms with E-state index in [9.17, 15) is 24.8 Å². The molecule has 0 bridgehead atoms. The van der Waals surface area contributed by atoms with Gasteiger partial charge < -0.3 is 20.5 Å². The first-order chi connectivity index (χ1) is 9.90. The number of carboxylic acids is 1. The van der Waals surface area contributed by atoms with E-state index in [4.69, 9.17) is 5.11 Å². The van der Waals surface area contributed by atoms with Crippen LogP contribution in [0.25, 0.3) is 0 Å². The summed E-state index contributed by atoms with van der Waals surface area (Å²) in [7, 11) is 0. The highest BCUT2D eigenvalue weighted by atomic mass is 16.6. The lowest BCUT2D eigenvalue weighted by Gasteiger charge is -2.08. The number of hydrogen-bond donors (Lipinski definition) is 4. The Hall–Kier alpha value is -3.36. The topological polar surface area (TPSA) is 146 Å². The van der Waals surface area contributed by atoms with Gasteiger partial charge in [0.25, 0.3) is 11.6 Å². The van der Waals surface area contributed by atoms with Crippen LogP contribution in [0.15, 0.2) is 30.5 Å². The van der Waals surface area contributed by atoms with Gasteiger partial charge in [0.05, 0.1) is 16.8 Å². The average Bonchev–Trinajstić information content (AvgIpc) is 2.90. The molecule has 0 unspecified atom stereocenters. The minimum atomic E-state index is -1.35. The number of carbonyl (C=O) groups is 2. The zero-order valence-corrected chi connectivity index (χ0v) is 10.4. The Balaban J connectivity index is 2.25. The maximum absolute atomic E-state index is 11.9. The predicted molar refractivity (Wildman–Crippen MR) is 70.5 cm³/mol. The van der Waals surface area contributed by atoms with Gasteiger partial charge in [-0.1, -0.05) is 6.07 Å². The van der Waals surface area contributed by atoms with Crippen molar-refractivity contribution >= 4 is 23.3 Å². The van der Waals surface area contributed by atoms with Gasteiger partial charge in [0.15, 0.2) is 5.75 Å². The molecule has 0 aliphatic carbocycles. The summed E-state index contributed by atoms with van der Waals surface area (Å²) in [5.41, 5.74) is -0.868. The summed E-state index contributed by atoms with van der Waals surface area (Å²) in [6.07, 6.45) is 1.04. The monoisotopic (exact) mass is 291 g/mol. The number of aromatic hydroxyl groups is 1. The van der Waals surface area contributed by atoms with E-state index in [1.54, 1.807) is 0 Å². The second-order valence-corrected chi connectivity index (χ2v) is 3.99. The van der Waals surface area contributed by atoms with Gasteiger partial charge >= 0.3 is 5.97 Å². The number of benzene rings is 1. The van der Waals surface area contributed by atoms with E-state index in [0.717, 1.165) is 12.3 Å². The molecule has 0 radical (unpaired) electrons. The van der Waals surface area contributed by atoms with E-state index in [1.165, 1.54) is 18.2 Å². The number of aromatic amines is 1. The van der Waals surface area contributed by atoms with Crippen LogP contribution < -0.4 is 5.32 Å². The molecule has 108 valence electrons. The molecule has 1 amide bonds. The number of aromatic nitrogens is 1. The smallest absolute Gasteiger partial charge is 0.339 e. The summed E-state index contributed by atoms with van der Waals surface area (Å²) in [5.74, 6) is -2.69. The summed E-state index contributed by atoms with van der Waals surface area (Å²) in [5, 5.41) is 31.4. The van der Waals surface area contributed by atoms with Crippen molar-refractivity contribution in [3.05, 3.63) is 51.8 Å². The molecule has 2 aromatic rings. The predicted octanol–water partition coefficient (Wildman–Crippen LogP) is 1.58. The molecule has 1 heterocycles. The Kier molecular flexibility index (Phi) is 3.57. The van der Waals surface area contributed by atoms with E-state index < -0.39 is 22.5 Å². The number of amides is 1. The molecule has 9 heteroatoms. The fraction of sp³-hybridized carbons (Fsp3) is 0. The highest BCUT2D eigenvalue weighted by molar-refractivity contribution is 6.05. The van der Waals surface area contributed by atoms with E-state index >= 15 is 0 Å².